The van der Waals surface area contributed by atoms with Crippen molar-refractivity contribution in [2.24, 2.45) is 0 Å². The van der Waals surface area contributed by atoms with Crippen LogP contribution in [0.1, 0.15) is 6.92 Å². The number of benzene rings is 1. The van der Waals surface area contributed by atoms with E-state index in [2.05, 4.69) is 5.10 Å². The highest BCUT2D eigenvalue weighted by atomic mass is 35.5. The molecule has 0 unspecified atom stereocenters. The molecule has 0 aliphatic carbocycles. The van der Waals surface area contributed by atoms with Crippen molar-refractivity contribution in [1.29, 1.82) is 0 Å². The Morgan fingerprint density at radius 1 is 1.39 bits per heavy atom. The first-order valence-corrected chi connectivity index (χ1v) is 6.79. The fourth-order valence-corrected chi connectivity index (χ4v) is 1.91. The maximum absolute atomic E-state index is 13.0. The third-order valence-electron chi connectivity index (χ3n) is 2.77. The molecule has 0 spiro atoms. The Kier molecular flexibility index (Phi) is 4.65. The maximum Gasteiger partial charge on any atom is 0.350 e. The predicted octanol–water partition coefficient (Wildman–Crippen LogP) is 2.58. The molecule has 1 heterocycles. The van der Waals surface area contributed by atoms with E-state index in [0.29, 0.717) is 28.3 Å². The minimum absolute atomic E-state index is 0.0356. The van der Waals surface area contributed by atoms with Gasteiger partial charge in [0, 0.05) is 29.8 Å². The molecule has 2 aromatic rings. The van der Waals surface area contributed by atoms with Crippen molar-refractivity contribution in [3.8, 4) is 11.4 Å². The van der Waals surface area contributed by atoms with E-state index in [4.69, 9.17) is 16.7 Å². The number of carboxylic acid groups (broad SMARTS) is 1. The third kappa shape index (κ3) is 4.26. The minimum atomic E-state index is -3.13. The number of aromatic nitrogens is 3. The van der Waals surface area contributed by atoms with Gasteiger partial charge < -0.3 is 5.11 Å². The van der Waals surface area contributed by atoms with Gasteiger partial charge in [-0.3, -0.25) is 4.79 Å². The predicted molar refractivity (Wildman–Crippen MR) is 80.5 cm³/mol. The van der Waals surface area contributed by atoms with Crippen LogP contribution < -0.4 is 5.69 Å². The molecule has 2 rings (SSSR count). The highest BCUT2D eigenvalue weighted by Gasteiger charge is 2.19. The van der Waals surface area contributed by atoms with Crippen LogP contribution in [0.5, 0.6) is 0 Å². The number of rotatable bonds is 5. The molecule has 1 aromatic carbocycles. The molecule has 6 nitrogen and oxygen atoms in total. The third-order valence-corrected chi connectivity index (χ3v) is 3.03. The number of hydrogen-bond acceptors (Lipinski definition) is 3. The van der Waals surface area contributed by atoms with E-state index < -0.39 is 24.1 Å². The minimum Gasteiger partial charge on any atom is -0.480 e. The summed E-state index contributed by atoms with van der Waals surface area (Å²) in [5.41, 5.74) is -0.405. The van der Waals surface area contributed by atoms with E-state index in [1.807, 2.05) is 0 Å². The summed E-state index contributed by atoms with van der Waals surface area (Å²) in [6.45, 7) is -0.0129. The smallest absolute Gasteiger partial charge is 0.350 e. The van der Waals surface area contributed by atoms with Gasteiger partial charge >= 0.3 is 11.7 Å². The number of carbonyl (C=O) groups is 1. The quantitative estimate of drug-likeness (QED) is 0.905. The Hall–Kier alpha value is -2.48. The van der Waals surface area contributed by atoms with Gasteiger partial charge in [0.2, 0.25) is 0 Å². The first-order valence-electron chi connectivity index (χ1n) is 6.41. The molecule has 0 aliphatic rings. The summed E-state index contributed by atoms with van der Waals surface area (Å²) in [5, 5.41) is 13.1. The molecule has 1 aromatic heterocycles. The fourth-order valence-electron chi connectivity index (χ4n) is 1.79. The normalized spacial score (nSPS) is 12.0. The second-order valence-corrected chi connectivity index (χ2v) is 5.24. The average Bonchev–Trinajstić information content (AvgIpc) is 2.73. The highest BCUT2D eigenvalue weighted by molar-refractivity contribution is 6.30. The molecule has 0 radical (unpaired) electrons. The molecule has 0 bridgehead atoms. The highest BCUT2D eigenvalue weighted by Crippen LogP contribution is 2.20. The fraction of sp³-hybridized carbons (Fsp3) is 0.214. The van der Waals surface area contributed by atoms with Crippen molar-refractivity contribution in [1.82, 2.24) is 14.3 Å². The lowest BCUT2D eigenvalue weighted by molar-refractivity contribution is -0.137. The van der Waals surface area contributed by atoms with E-state index >= 15 is 0 Å². The number of nitrogens with zero attached hydrogens (tertiary/aromatic N) is 3. The summed E-state index contributed by atoms with van der Waals surface area (Å²) < 4.78 is 27.6. The second kappa shape index (κ2) is 6.33. The lowest BCUT2D eigenvalue weighted by Crippen LogP contribution is -2.26. The topological polar surface area (TPSA) is 77.1 Å². The monoisotopic (exact) mass is 343 g/mol. The van der Waals surface area contributed by atoms with Crippen LogP contribution in [0.2, 0.25) is 5.02 Å². The van der Waals surface area contributed by atoms with Crippen LogP contribution in [0.15, 0.2) is 35.1 Å². The van der Waals surface area contributed by atoms with Crippen LogP contribution in [-0.4, -0.2) is 31.3 Å². The Morgan fingerprint density at radius 3 is 2.52 bits per heavy atom. The Balaban J connectivity index is 2.59. The summed E-state index contributed by atoms with van der Waals surface area (Å²) in [7, 11) is 0. The SMILES string of the molecule is CC(F)(F)/C=C/n1c(-c2ccc(Cl)cc2)nn(CC(=O)O)c1=O. The number of allylic oxidation sites excluding steroid dienone is 1. The number of aliphatic carboxylic acids is 1. The summed E-state index contributed by atoms with van der Waals surface area (Å²) >= 11 is 5.78. The molecule has 122 valence electrons. The zero-order valence-corrected chi connectivity index (χ0v) is 12.7. The van der Waals surface area contributed by atoms with Crippen molar-refractivity contribution >= 4 is 23.8 Å². The maximum atomic E-state index is 13.0. The Bertz CT molecular complexity index is 804. The second-order valence-electron chi connectivity index (χ2n) is 4.81. The first kappa shape index (κ1) is 16.9. The molecule has 0 aliphatic heterocycles. The van der Waals surface area contributed by atoms with E-state index in [-0.39, 0.29) is 5.82 Å². The largest absolute Gasteiger partial charge is 0.480 e. The van der Waals surface area contributed by atoms with E-state index in [9.17, 15) is 18.4 Å². The molecule has 0 saturated heterocycles. The van der Waals surface area contributed by atoms with Crippen LogP contribution in [0.3, 0.4) is 0 Å². The van der Waals surface area contributed by atoms with Crippen LogP contribution in [0, 0.1) is 0 Å². The van der Waals surface area contributed by atoms with Gasteiger partial charge in [-0.05, 0) is 24.3 Å². The summed E-state index contributed by atoms with van der Waals surface area (Å²) in [5.74, 6) is -4.37. The standard InChI is InChI=1S/C14H12ClF2N3O3/c1-14(16,17)6-7-19-12(9-2-4-10(15)5-3-9)18-20(13(19)23)8-11(21)22/h2-7H,8H2,1H3,(H,21,22)/b7-6+. The van der Waals surface area contributed by atoms with Crippen molar-refractivity contribution < 1.29 is 18.7 Å². The average molecular weight is 344 g/mol. The molecule has 0 fully saturated rings. The molecule has 23 heavy (non-hydrogen) atoms. The van der Waals surface area contributed by atoms with Crippen molar-refractivity contribution in [3.05, 3.63) is 45.8 Å². The molecular formula is C14H12ClF2N3O3. The molecule has 0 saturated carbocycles. The molecule has 0 atom stereocenters. The zero-order chi connectivity index (χ0) is 17.2. The van der Waals surface area contributed by atoms with E-state index in [1.54, 1.807) is 24.3 Å². The van der Waals surface area contributed by atoms with Gasteiger partial charge in [-0.25, -0.2) is 22.8 Å². The van der Waals surface area contributed by atoms with Gasteiger partial charge in [-0.1, -0.05) is 11.6 Å². The summed E-state index contributed by atoms with van der Waals surface area (Å²) in [6, 6.07) is 6.17. The number of hydrogen-bond donors (Lipinski definition) is 1. The van der Waals surface area contributed by atoms with Crippen LogP contribution in [0.4, 0.5) is 8.78 Å². The Labute approximate surface area is 134 Å². The first-order chi connectivity index (χ1) is 10.7. The molecule has 0 amide bonds. The van der Waals surface area contributed by atoms with Crippen molar-refractivity contribution in [2.75, 3.05) is 0 Å². The number of alkyl halides is 2. The molecule has 1 N–H and O–H groups in total. The Morgan fingerprint density at radius 2 is 2.00 bits per heavy atom. The van der Waals surface area contributed by atoms with Crippen molar-refractivity contribution in [3.63, 3.8) is 0 Å². The number of carboxylic acids is 1. The van der Waals surface area contributed by atoms with E-state index in [1.165, 1.54) is 0 Å². The van der Waals surface area contributed by atoms with Crippen LogP contribution in [0.25, 0.3) is 17.6 Å². The lowest BCUT2D eigenvalue weighted by atomic mass is 10.2. The summed E-state index contributed by atoms with van der Waals surface area (Å²) in [6.07, 6.45) is 1.40. The van der Waals surface area contributed by atoms with Gasteiger partial charge in [0.25, 0.3) is 5.92 Å². The van der Waals surface area contributed by atoms with Gasteiger partial charge in [0.1, 0.15) is 6.54 Å². The van der Waals surface area contributed by atoms with Gasteiger partial charge in [0.15, 0.2) is 5.82 Å². The lowest BCUT2D eigenvalue weighted by Gasteiger charge is -2.04. The molecular weight excluding hydrogens is 332 g/mol. The number of halogens is 3. The molecule has 9 heteroatoms. The van der Waals surface area contributed by atoms with Crippen LogP contribution in [-0.2, 0) is 11.3 Å². The van der Waals surface area contributed by atoms with Crippen LogP contribution >= 0.6 is 11.6 Å². The van der Waals surface area contributed by atoms with Gasteiger partial charge in [0.05, 0.1) is 0 Å². The van der Waals surface area contributed by atoms with Crippen molar-refractivity contribution in [2.45, 2.75) is 19.4 Å². The van der Waals surface area contributed by atoms with Gasteiger partial charge in [-0.15, -0.1) is 5.10 Å². The van der Waals surface area contributed by atoms with Gasteiger partial charge in [-0.2, -0.15) is 0 Å². The summed E-state index contributed by atoms with van der Waals surface area (Å²) in [4.78, 5) is 22.9. The zero-order valence-electron chi connectivity index (χ0n) is 11.9. The van der Waals surface area contributed by atoms with E-state index in [0.717, 1.165) is 10.8 Å².